The second-order valence-corrected chi connectivity index (χ2v) is 7.75. The van der Waals surface area contributed by atoms with Gasteiger partial charge in [-0.2, -0.15) is 0 Å². The molecule has 1 heterocycles. The summed E-state index contributed by atoms with van der Waals surface area (Å²) in [7, 11) is 0. The molecule has 3 N–H and O–H groups in total. The van der Waals surface area contributed by atoms with Gasteiger partial charge in [0.15, 0.2) is 6.61 Å². The summed E-state index contributed by atoms with van der Waals surface area (Å²) in [6.45, 7) is 4.65. The topological polar surface area (TPSA) is 114 Å². The van der Waals surface area contributed by atoms with Crippen LogP contribution in [0, 0.1) is 0 Å². The average Bonchev–Trinajstić information content (AvgIpc) is 3.13. The fourth-order valence-corrected chi connectivity index (χ4v) is 2.72. The highest BCUT2D eigenvalue weighted by Crippen LogP contribution is 2.18. The van der Waals surface area contributed by atoms with Crippen molar-refractivity contribution in [3.8, 4) is 0 Å². The first-order valence-corrected chi connectivity index (χ1v) is 9.27. The zero-order chi connectivity index (χ0) is 20.7. The van der Waals surface area contributed by atoms with Crippen molar-refractivity contribution in [2.45, 2.75) is 26.3 Å². The zero-order valence-electron chi connectivity index (χ0n) is 15.7. The Morgan fingerprint density at radius 1 is 1.04 bits per heavy atom. The molecule has 0 saturated carbocycles. The number of para-hydroxylation sites is 1. The number of ether oxygens (including phenoxy) is 1. The molecule has 0 unspecified atom stereocenters. The van der Waals surface area contributed by atoms with Crippen LogP contribution in [0.1, 0.15) is 40.8 Å². The van der Waals surface area contributed by atoms with E-state index in [0.29, 0.717) is 4.88 Å². The van der Waals surface area contributed by atoms with Gasteiger partial charge in [0.25, 0.3) is 11.8 Å². The van der Waals surface area contributed by atoms with Gasteiger partial charge in [0.2, 0.25) is 0 Å². The maximum absolute atomic E-state index is 12.3. The van der Waals surface area contributed by atoms with Crippen LogP contribution in [0.2, 0.25) is 0 Å². The third kappa shape index (κ3) is 6.51. The highest BCUT2D eigenvalue weighted by atomic mass is 32.1. The number of imide groups is 1. The number of benzene rings is 1. The van der Waals surface area contributed by atoms with E-state index in [9.17, 15) is 19.2 Å². The number of rotatable bonds is 5. The number of carbonyl (C=O) groups is 4. The molecule has 8 nitrogen and oxygen atoms in total. The van der Waals surface area contributed by atoms with Gasteiger partial charge in [-0.1, -0.05) is 18.2 Å². The molecule has 0 aliphatic carbocycles. The molecule has 4 amide bonds. The van der Waals surface area contributed by atoms with E-state index >= 15 is 0 Å². The molecule has 1 aromatic heterocycles. The van der Waals surface area contributed by atoms with Gasteiger partial charge in [-0.3, -0.25) is 14.9 Å². The lowest BCUT2D eigenvalue weighted by Crippen LogP contribution is -2.49. The Kier molecular flexibility index (Phi) is 6.89. The average molecular weight is 403 g/mol. The second kappa shape index (κ2) is 9.14. The summed E-state index contributed by atoms with van der Waals surface area (Å²) < 4.78 is 4.95. The summed E-state index contributed by atoms with van der Waals surface area (Å²) in [6.07, 6.45) is 0. The molecule has 0 radical (unpaired) electrons. The molecule has 9 heteroatoms. The highest BCUT2D eigenvalue weighted by molar-refractivity contribution is 7.12. The van der Waals surface area contributed by atoms with E-state index in [-0.39, 0.29) is 17.2 Å². The maximum Gasteiger partial charge on any atom is 0.340 e. The first kappa shape index (κ1) is 21.1. The van der Waals surface area contributed by atoms with E-state index < -0.39 is 30.1 Å². The van der Waals surface area contributed by atoms with Gasteiger partial charge in [-0.05, 0) is 44.4 Å². The van der Waals surface area contributed by atoms with Crippen LogP contribution in [0.25, 0.3) is 0 Å². The van der Waals surface area contributed by atoms with Crippen LogP contribution in [-0.4, -0.2) is 36.0 Å². The minimum Gasteiger partial charge on any atom is -0.452 e. The van der Waals surface area contributed by atoms with Crippen LogP contribution in [0.15, 0.2) is 41.8 Å². The summed E-state index contributed by atoms with van der Waals surface area (Å²) in [5.74, 6) is -1.92. The number of carbonyl (C=O) groups excluding carboxylic acids is 4. The van der Waals surface area contributed by atoms with Crippen molar-refractivity contribution in [3.63, 3.8) is 0 Å². The molecule has 0 aliphatic rings. The van der Waals surface area contributed by atoms with Gasteiger partial charge in [0, 0.05) is 5.54 Å². The van der Waals surface area contributed by atoms with E-state index in [2.05, 4.69) is 16.0 Å². The summed E-state index contributed by atoms with van der Waals surface area (Å²) in [4.78, 5) is 48.4. The van der Waals surface area contributed by atoms with E-state index in [1.165, 1.54) is 17.4 Å². The fourth-order valence-electron chi connectivity index (χ4n) is 2.11. The number of nitrogens with one attached hydrogen (secondary N) is 3. The van der Waals surface area contributed by atoms with Crippen molar-refractivity contribution >= 4 is 40.8 Å². The summed E-state index contributed by atoms with van der Waals surface area (Å²) in [5, 5.41) is 9.04. The molecule has 0 atom stereocenters. The van der Waals surface area contributed by atoms with E-state index in [1.807, 2.05) is 0 Å². The molecular formula is C19H21N3O5S. The number of anilines is 1. The number of hydrogen-bond acceptors (Lipinski definition) is 6. The summed E-state index contributed by atoms with van der Waals surface area (Å²) in [5.41, 5.74) is -0.156. The summed E-state index contributed by atoms with van der Waals surface area (Å²) >= 11 is 1.27. The Labute approximate surface area is 166 Å². The standard InChI is InChI=1S/C19H21N3O5S/c1-19(2,3)22-18(26)21-15(23)11-27-17(25)12-7-4-5-8-13(12)20-16(24)14-9-6-10-28-14/h4-10H,11H2,1-3H3,(H,20,24)(H2,21,22,23,26). The van der Waals surface area contributed by atoms with E-state index in [0.717, 1.165) is 0 Å². The van der Waals surface area contributed by atoms with Crippen molar-refractivity contribution < 1.29 is 23.9 Å². The van der Waals surface area contributed by atoms with Crippen molar-refractivity contribution in [2.24, 2.45) is 0 Å². The van der Waals surface area contributed by atoms with Gasteiger partial charge >= 0.3 is 12.0 Å². The zero-order valence-corrected chi connectivity index (χ0v) is 16.5. The lowest BCUT2D eigenvalue weighted by atomic mass is 10.1. The number of esters is 1. The smallest absolute Gasteiger partial charge is 0.340 e. The predicted octanol–water partition coefficient (Wildman–Crippen LogP) is 2.78. The van der Waals surface area contributed by atoms with Crippen molar-refractivity contribution in [1.82, 2.24) is 10.6 Å². The number of amides is 4. The Balaban J connectivity index is 1.94. The molecule has 0 saturated heterocycles. The second-order valence-electron chi connectivity index (χ2n) is 6.81. The van der Waals surface area contributed by atoms with Gasteiger partial charge < -0.3 is 15.4 Å². The minimum absolute atomic E-state index is 0.0966. The molecule has 0 fully saturated rings. The molecule has 2 rings (SSSR count). The van der Waals surface area contributed by atoms with Crippen LogP contribution >= 0.6 is 11.3 Å². The normalized spacial score (nSPS) is 10.7. The molecule has 28 heavy (non-hydrogen) atoms. The Morgan fingerprint density at radius 3 is 2.39 bits per heavy atom. The highest BCUT2D eigenvalue weighted by Gasteiger charge is 2.19. The lowest BCUT2D eigenvalue weighted by Gasteiger charge is -2.20. The minimum atomic E-state index is -0.798. The molecule has 0 bridgehead atoms. The van der Waals surface area contributed by atoms with Crippen molar-refractivity contribution in [3.05, 3.63) is 52.2 Å². The third-order valence-corrected chi connectivity index (χ3v) is 4.08. The van der Waals surface area contributed by atoms with Gasteiger partial charge in [0.1, 0.15) is 0 Å². The van der Waals surface area contributed by atoms with E-state index in [1.54, 1.807) is 56.5 Å². The van der Waals surface area contributed by atoms with Gasteiger partial charge in [-0.25, -0.2) is 9.59 Å². The number of hydrogen-bond donors (Lipinski definition) is 3. The first-order chi connectivity index (χ1) is 13.2. The first-order valence-electron chi connectivity index (χ1n) is 8.39. The van der Waals surface area contributed by atoms with Crippen LogP contribution in [0.3, 0.4) is 0 Å². The summed E-state index contributed by atoms with van der Waals surface area (Å²) in [6, 6.07) is 9.01. The van der Waals surface area contributed by atoms with E-state index in [4.69, 9.17) is 4.74 Å². The Hall–Kier alpha value is -3.20. The van der Waals surface area contributed by atoms with Crippen molar-refractivity contribution in [1.29, 1.82) is 0 Å². The van der Waals surface area contributed by atoms with Crippen LogP contribution in [0.4, 0.5) is 10.5 Å². The maximum atomic E-state index is 12.3. The Bertz CT molecular complexity index is 872. The SMILES string of the molecule is CC(C)(C)NC(=O)NC(=O)COC(=O)c1ccccc1NC(=O)c1cccs1. The lowest BCUT2D eigenvalue weighted by molar-refractivity contribution is -0.123. The van der Waals surface area contributed by atoms with Crippen LogP contribution in [-0.2, 0) is 9.53 Å². The molecule has 0 spiro atoms. The molecule has 148 valence electrons. The number of thiophene rings is 1. The van der Waals surface area contributed by atoms with Gasteiger partial charge in [0.05, 0.1) is 16.1 Å². The molecule has 0 aliphatic heterocycles. The van der Waals surface area contributed by atoms with Gasteiger partial charge in [-0.15, -0.1) is 11.3 Å². The largest absolute Gasteiger partial charge is 0.452 e. The molecular weight excluding hydrogens is 382 g/mol. The monoisotopic (exact) mass is 403 g/mol. The third-order valence-electron chi connectivity index (χ3n) is 3.22. The van der Waals surface area contributed by atoms with Crippen LogP contribution < -0.4 is 16.0 Å². The van der Waals surface area contributed by atoms with Crippen molar-refractivity contribution in [2.75, 3.05) is 11.9 Å². The fraction of sp³-hybridized carbons (Fsp3) is 0.263. The Morgan fingerprint density at radius 2 is 1.75 bits per heavy atom. The quantitative estimate of drug-likeness (QED) is 0.665. The number of urea groups is 1. The predicted molar refractivity (Wildman–Crippen MR) is 105 cm³/mol. The van der Waals surface area contributed by atoms with Crippen LogP contribution in [0.5, 0.6) is 0 Å². The molecule has 2 aromatic rings. The molecule has 1 aromatic carbocycles.